The third-order valence-electron chi connectivity index (χ3n) is 3.62. The summed E-state index contributed by atoms with van der Waals surface area (Å²) in [4.78, 5) is 0. The fourth-order valence-corrected chi connectivity index (χ4v) is 2.62. The topological polar surface area (TPSA) is 35.2 Å². The molecule has 0 aliphatic heterocycles. The third kappa shape index (κ3) is 2.31. The van der Waals surface area contributed by atoms with Crippen LogP contribution in [0.15, 0.2) is 24.3 Å². The van der Waals surface area contributed by atoms with Gasteiger partial charge in [0.15, 0.2) is 0 Å². The van der Waals surface area contributed by atoms with E-state index in [0.717, 1.165) is 11.4 Å². The first-order valence-electron chi connectivity index (χ1n) is 6.19. The first-order chi connectivity index (χ1) is 7.68. The normalized spacial score (nSPS) is 30.0. The van der Waals surface area contributed by atoms with E-state index >= 15 is 0 Å². The van der Waals surface area contributed by atoms with Crippen LogP contribution >= 0.6 is 0 Å². The molecule has 1 aliphatic carbocycles. The fourth-order valence-electron chi connectivity index (χ4n) is 2.62. The molecule has 2 atom stereocenters. The van der Waals surface area contributed by atoms with E-state index in [4.69, 9.17) is 10.5 Å². The molecule has 1 aliphatic rings. The number of nitrogens with two attached hydrogens (primary N) is 1. The molecule has 0 heterocycles. The molecule has 88 valence electrons. The molecule has 1 fully saturated rings. The second-order valence-corrected chi connectivity index (χ2v) is 5.01. The average Bonchev–Trinajstić information content (AvgIpc) is 2.26. The van der Waals surface area contributed by atoms with E-state index in [2.05, 4.69) is 13.8 Å². The van der Waals surface area contributed by atoms with Gasteiger partial charge in [-0.15, -0.1) is 0 Å². The number of nitrogen functional groups attached to an aromatic ring is 1. The lowest BCUT2D eigenvalue weighted by molar-refractivity contribution is 0.0559. The van der Waals surface area contributed by atoms with Crippen molar-refractivity contribution in [1.29, 1.82) is 0 Å². The Hall–Kier alpha value is -1.18. The number of para-hydroxylation sites is 2. The zero-order chi connectivity index (χ0) is 11.5. The minimum atomic E-state index is 0.318. The Balaban J connectivity index is 2.11. The molecule has 0 bridgehead atoms. The van der Waals surface area contributed by atoms with Gasteiger partial charge in [0.25, 0.3) is 0 Å². The van der Waals surface area contributed by atoms with Crippen LogP contribution in [-0.4, -0.2) is 6.10 Å². The monoisotopic (exact) mass is 219 g/mol. The Bertz CT molecular complexity index is 340. The van der Waals surface area contributed by atoms with Crippen LogP contribution in [0.25, 0.3) is 0 Å². The average molecular weight is 219 g/mol. The van der Waals surface area contributed by atoms with E-state index in [9.17, 15) is 0 Å². The van der Waals surface area contributed by atoms with E-state index in [1.54, 1.807) is 0 Å². The van der Waals surface area contributed by atoms with Crippen LogP contribution in [0.1, 0.15) is 33.1 Å². The summed E-state index contributed by atoms with van der Waals surface area (Å²) in [5, 5.41) is 0. The van der Waals surface area contributed by atoms with Crippen molar-refractivity contribution < 1.29 is 4.74 Å². The zero-order valence-corrected chi connectivity index (χ0v) is 10.1. The lowest BCUT2D eigenvalue weighted by Crippen LogP contribution is -2.35. The highest BCUT2D eigenvalue weighted by Gasteiger charge is 2.29. The van der Waals surface area contributed by atoms with Crippen molar-refractivity contribution >= 4 is 5.69 Å². The Morgan fingerprint density at radius 3 is 2.38 bits per heavy atom. The number of hydrogen-bond acceptors (Lipinski definition) is 2. The van der Waals surface area contributed by atoms with Gasteiger partial charge in [-0.1, -0.05) is 32.4 Å². The van der Waals surface area contributed by atoms with Gasteiger partial charge in [0.2, 0.25) is 0 Å². The zero-order valence-electron chi connectivity index (χ0n) is 10.1. The third-order valence-corrected chi connectivity index (χ3v) is 3.62. The van der Waals surface area contributed by atoms with Gasteiger partial charge in [0.05, 0.1) is 5.69 Å². The summed E-state index contributed by atoms with van der Waals surface area (Å²) in [6.07, 6.45) is 4.18. The lowest BCUT2D eigenvalue weighted by atomic mass is 9.80. The highest BCUT2D eigenvalue weighted by Crippen LogP contribution is 2.33. The Morgan fingerprint density at radius 1 is 1.12 bits per heavy atom. The Morgan fingerprint density at radius 2 is 1.75 bits per heavy atom. The highest BCUT2D eigenvalue weighted by atomic mass is 16.5. The van der Waals surface area contributed by atoms with Gasteiger partial charge in [-0.05, 0) is 36.8 Å². The molecule has 2 rings (SSSR count). The molecule has 0 aromatic heterocycles. The number of ether oxygens (including phenoxy) is 1. The lowest BCUT2D eigenvalue weighted by Gasteiger charge is -2.34. The summed E-state index contributed by atoms with van der Waals surface area (Å²) < 4.78 is 6.09. The Labute approximate surface area is 97.8 Å². The van der Waals surface area contributed by atoms with E-state index in [1.807, 2.05) is 24.3 Å². The first kappa shape index (κ1) is 11.3. The van der Waals surface area contributed by atoms with Gasteiger partial charge >= 0.3 is 0 Å². The predicted octanol–water partition coefficient (Wildman–Crippen LogP) is 3.47. The smallest absolute Gasteiger partial charge is 0.142 e. The summed E-state index contributed by atoms with van der Waals surface area (Å²) in [6, 6.07) is 7.77. The standard InChI is InChI=1S/C14H21NO/c1-10-6-5-7-11(2)14(10)16-13-9-4-3-8-12(13)15/h3-4,8-11,14H,5-7,15H2,1-2H3. The van der Waals surface area contributed by atoms with Gasteiger partial charge in [0.1, 0.15) is 11.9 Å². The predicted molar refractivity (Wildman–Crippen MR) is 67.4 cm³/mol. The minimum absolute atomic E-state index is 0.318. The number of hydrogen-bond donors (Lipinski definition) is 1. The van der Waals surface area contributed by atoms with Gasteiger partial charge in [-0.2, -0.15) is 0 Å². The molecule has 2 N–H and O–H groups in total. The van der Waals surface area contributed by atoms with Crippen LogP contribution in [0.3, 0.4) is 0 Å². The molecule has 1 aromatic carbocycles. The molecule has 0 amide bonds. The van der Waals surface area contributed by atoms with Gasteiger partial charge in [-0.25, -0.2) is 0 Å². The molecule has 2 unspecified atom stereocenters. The largest absolute Gasteiger partial charge is 0.488 e. The quantitative estimate of drug-likeness (QED) is 0.773. The van der Waals surface area contributed by atoms with Gasteiger partial charge < -0.3 is 10.5 Å². The van der Waals surface area contributed by atoms with Crippen LogP contribution in [0.2, 0.25) is 0 Å². The molecular weight excluding hydrogens is 198 g/mol. The van der Waals surface area contributed by atoms with E-state index in [1.165, 1.54) is 19.3 Å². The molecule has 1 saturated carbocycles. The van der Waals surface area contributed by atoms with E-state index in [0.29, 0.717) is 17.9 Å². The maximum Gasteiger partial charge on any atom is 0.142 e. The van der Waals surface area contributed by atoms with Crippen molar-refractivity contribution in [2.24, 2.45) is 11.8 Å². The fraction of sp³-hybridized carbons (Fsp3) is 0.571. The van der Waals surface area contributed by atoms with Gasteiger partial charge in [-0.3, -0.25) is 0 Å². The van der Waals surface area contributed by atoms with Crippen molar-refractivity contribution in [3.8, 4) is 5.75 Å². The van der Waals surface area contributed by atoms with Crippen LogP contribution in [0.4, 0.5) is 5.69 Å². The number of benzene rings is 1. The highest BCUT2D eigenvalue weighted by molar-refractivity contribution is 5.51. The van der Waals surface area contributed by atoms with Crippen molar-refractivity contribution in [3.63, 3.8) is 0 Å². The number of anilines is 1. The van der Waals surface area contributed by atoms with Crippen molar-refractivity contribution in [3.05, 3.63) is 24.3 Å². The van der Waals surface area contributed by atoms with Crippen LogP contribution in [-0.2, 0) is 0 Å². The molecule has 2 heteroatoms. The molecule has 2 nitrogen and oxygen atoms in total. The van der Waals surface area contributed by atoms with Crippen LogP contribution in [0.5, 0.6) is 5.75 Å². The summed E-state index contributed by atoms with van der Waals surface area (Å²) in [7, 11) is 0. The van der Waals surface area contributed by atoms with E-state index < -0.39 is 0 Å². The van der Waals surface area contributed by atoms with Gasteiger partial charge in [0, 0.05) is 0 Å². The summed E-state index contributed by atoms with van der Waals surface area (Å²) in [6.45, 7) is 4.55. The Kier molecular flexibility index (Phi) is 3.37. The van der Waals surface area contributed by atoms with Crippen molar-refractivity contribution in [2.75, 3.05) is 5.73 Å². The molecule has 0 spiro atoms. The summed E-state index contributed by atoms with van der Waals surface area (Å²) in [5.74, 6) is 2.10. The van der Waals surface area contributed by atoms with Crippen LogP contribution in [0, 0.1) is 11.8 Å². The minimum Gasteiger partial charge on any atom is -0.488 e. The molecular formula is C14H21NO. The maximum absolute atomic E-state index is 6.09. The van der Waals surface area contributed by atoms with Crippen molar-refractivity contribution in [1.82, 2.24) is 0 Å². The SMILES string of the molecule is CC1CCCC(C)C1Oc1ccccc1N. The summed E-state index contributed by atoms with van der Waals surface area (Å²) in [5.41, 5.74) is 6.65. The second kappa shape index (κ2) is 4.77. The molecule has 1 aromatic rings. The molecule has 0 radical (unpaired) electrons. The van der Waals surface area contributed by atoms with Crippen LogP contribution < -0.4 is 10.5 Å². The maximum atomic E-state index is 6.09. The molecule has 16 heavy (non-hydrogen) atoms. The van der Waals surface area contributed by atoms with Crippen molar-refractivity contribution in [2.45, 2.75) is 39.2 Å². The molecule has 0 saturated heterocycles. The number of rotatable bonds is 2. The summed E-state index contributed by atoms with van der Waals surface area (Å²) >= 11 is 0. The first-order valence-corrected chi connectivity index (χ1v) is 6.19. The van der Waals surface area contributed by atoms with E-state index in [-0.39, 0.29) is 0 Å². The second-order valence-electron chi connectivity index (χ2n) is 5.01.